The normalized spacial score (nSPS) is 20.7. The first-order valence-electron chi connectivity index (χ1n) is 7.16. The van der Waals surface area contributed by atoms with Crippen molar-refractivity contribution in [3.63, 3.8) is 0 Å². The predicted octanol–water partition coefficient (Wildman–Crippen LogP) is 4.62. The molecule has 0 fully saturated rings. The molecule has 0 aromatic carbocycles. The topological polar surface area (TPSA) is 12.9 Å². The second kappa shape index (κ2) is 6.10. The Bertz CT molecular complexity index is 398. The fourth-order valence-electron chi connectivity index (χ4n) is 2.83. The maximum absolute atomic E-state index is 4.69. The second-order valence-electron chi connectivity index (χ2n) is 5.94. The van der Waals surface area contributed by atoms with E-state index in [1.165, 1.54) is 29.2 Å². The Balaban J connectivity index is 2.51. The first-order chi connectivity index (χ1) is 8.61. The maximum atomic E-state index is 4.69. The van der Waals surface area contributed by atoms with Crippen LogP contribution in [-0.4, -0.2) is 16.5 Å². The number of aromatic nitrogens is 1. The van der Waals surface area contributed by atoms with Crippen LogP contribution in [0.25, 0.3) is 0 Å². The lowest BCUT2D eigenvalue weighted by Gasteiger charge is -2.29. The molecule has 1 aromatic rings. The van der Waals surface area contributed by atoms with Gasteiger partial charge in [0.1, 0.15) is 0 Å². The van der Waals surface area contributed by atoms with Gasteiger partial charge in [0.2, 0.25) is 0 Å². The average Bonchev–Trinajstić information content (AvgIpc) is 2.28. The molecule has 0 spiro atoms. The summed E-state index contributed by atoms with van der Waals surface area (Å²) in [6, 6.07) is 2.24. The standard InChI is InChI=1S/C16H25NS/c1-11(2)13-7-8-17-15-6-5-9-18-10-14(12(3)4)16(13)15/h7-8,11-12,14H,5-6,9-10H2,1-4H3. The number of hydrogen-bond acceptors (Lipinski definition) is 2. The van der Waals surface area contributed by atoms with Crippen molar-refractivity contribution in [3.05, 3.63) is 29.1 Å². The van der Waals surface area contributed by atoms with Crippen LogP contribution >= 0.6 is 11.8 Å². The highest BCUT2D eigenvalue weighted by molar-refractivity contribution is 7.99. The minimum atomic E-state index is 0.604. The van der Waals surface area contributed by atoms with Gasteiger partial charge >= 0.3 is 0 Å². The molecule has 2 heteroatoms. The van der Waals surface area contributed by atoms with Gasteiger partial charge in [0.05, 0.1) is 0 Å². The van der Waals surface area contributed by atoms with Crippen LogP contribution in [0, 0.1) is 5.92 Å². The van der Waals surface area contributed by atoms with Crippen LogP contribution in [0.5, 0.6) is 0 Å². The van der Waals surface area contributed by atoms with E-state index < -0.39 is 0 Å². The predicted molar refractivity (Wildman–Crippen MR) is 81.6 cm³/mol. The van der Waals surface area contributed by atoms with E-state index in [1.54, 1.807) is 5.56 Å². The number of pyridine rings is 1. The summed E-state index contributed by atoms with van der Waals surface area (Å²) in [6.07, 6.45) is 4.45. The van der Waals surface area contributed by atoms with Crippen molar-refractivity contribution in [3.8, 4) is 0 Å². The molecule has 1 aliphatic heterocycles. The molecule has 2 heterocycles. The molecular weight excluding hydrogens is 238 g/mol. The number of aryl methyl sites for hydroxylation is 1. The first-order valence-corrected chi connectivity index (χ1v) is 8.32. The van der Waals surface area contributed by atoms with E-state index >= 15 is 0 Å². The minimum Gasteiger partial charge on any atom is -0.261 e. The molecule has 1 nitrogen and oxygen atoms in total. The van der Waals surface area contributed by atoms with Crippen LogP contribution in [0.3, 0.4) is 0 Å². The number of hydrogen-bond donors (Lipinski definition) is 0. The Morgan fingerprint density at radius 2 is 2.06 bits per heavy atom. The average molecular weight is 263 g/mol. The van der Waals surface area contributed by atoms with Gasteiger partial charge in [-0.25, -0.2) is 0 Å². The molecule has 0 N–H and O–H groups in total. The molecule has 0 saturated heterocycles. The first kappa shape index (κ1) is 13.9. The fraction of sp³-hybridized carbons (Fsp3) is 0.688. The van der Waals surface area contributed by atoms with Gasteiger partial charge in [-0.1, -0.05) is 27.7 Å². The Morgan fingerprint density at radius 3 is 2.72 bits per heavy atom. The molecule has 0 amide bonds. The van der Waals surface area contributed by atoms with Gasteiger partial charge in [-0.3, -0.25) is 4.98 Å². The molecule has 0 radical (unpaired) electrons. The van der Waals surface area contributed by atoms with Gasteiger partial charge in [0.15, 0.2) is 0 Å². The molecule has 0 saturated carbocycles. The van der Waals surface area contributed by atoms with Crippen molar-refractivity contribution in [1.29, 1.82) is 0 Å². The zero-order valence-electron chi connectivity index (χ0n) is 12.1. The summed E-state index contributed by atoms with van der Waals surface area (Å²) in [7, 11) is 0. The molecule has 1 aromatic heterocycles. The van der Waals surface area contributed by atoms with Crippen molar-refractivity contribution in [2.75, 3.05) is 11.5 Å². The Morgan fingerprint density at radius 1 is 1.28 bits per heavy atom. The third-order valence-corrected chi connectivity index (χ3v) is 5.08. The van der Waals surface area contributed by atoms with Crippen LogP contribution in [0.15, 0.2) is 12.3 Å². The molecule has 2 rings (SSSR count). The highest BCUT2D eigenvalue weighted by Crippen LogP contribution is 2.37. The van der Waals surface area contributed by atoms with Crippen molar-refractivity contribution < 1.29 is 0 Å². The van der Waals surface area contributed by atoms with Crippen LogP contribution in [0.4, 0.5) is 0 Å². The summed E-state index contributed by atoms with van der Waals surface area (Å²) in [5.41, 5.74) is 4.48. The number of fused-ring (bicyclic) bond motifs is 1. The third-order valence-electron chi connectivity index (χ3n) is 3.90. The summed E-state index contributed by atoms with van der Waals surface area (Å²) in [5.74, 6) is 4.53. The number of thioether (sulfide) groups is 1. The van der Waals surface area contributed by atoms with Crippen molar-refractivity contribution >= 4 is 11.8 Å². The third kappa shape index (κ3) is 2.90. The van der Waals surface area contributed by atoms with Crippen molar-refractivity contribution in [1.82, 2.24) is 4.98 Å². The van der Waals surface area contributed by atoms with Crippen molar-refractivity contribution in [2.24, 2.45) is 5.92 Å². The van der Waals surface area contributed by atoms with Crippen LogP contribution < -0.4 is 0 Å². The summed E-state index contributed by atoms with van der Waals surface area (Å²) in [5, 5.41) is 0. The highest BCUT2D eigenvalue weighted by Gasteiger charge is 2.25. The maximum Gasteiger partial charge on any atom is 0.0441 e. The Hall–Kier alpha value is -0.500. The summed E-state index contributed by atoms with van der Waals surface area (Å²) >= 11 is 2.12. The largest absolute Gasteiger partial charge is 0.261 e. The van der Waals surface area contributed by atoms with Gasteiger partial charge in [0.25, 0.3) is 0 Å². The van der Waals surface area contributed by atoms with E-state index in [4.69, 9.17) is 0 Å². The molecular formula is C16H25NS. The number of rotatable bonds is 2. The van der Waals surface area contributed by atoms with Crippen LogP contribution in [0.1, 0.15) is 62.8 Å². The molecule has 0 aliphatic carbocycles. The SMILES string of the molecule is CC(C)c1ccnc2c1C(C(C)C)CSCCC2. The Kier molecular flexibility index (Phi) is 4.71. The van der Waals surface area contributed by atoms with Gasteiger partial charge in [0, 0.05) is 17.6 Å². The fourth-order valence-corrected chi connectivity index (χ4v) is 4.15. The van der Waals surface area contributed by atoms with E-state index in [-0.39, 0.29) is 0 Å². The lowest BCUT2D eigenvalue weighted by atomic mass is 9.82. The highest BCUT2D eigenvalue weighted by atomic mass is 32.2. The lowest BCUT2D eigenvalue weighted by Crippen LogP contribution is -2.18. The van der Waals surface area contributed by atoms with Gasteiger partial charge < -0.3 is 0 Å². The van der Waals surface area contributed by atoms with Crippen LogP contribution in [0.2, 0.25) is 0 Å². The molecule has 1 atom stereocenters. The Labute approximate surface area is 116 Å². The zero-order chi connectivity index (χ0) is 13.1. The molecule has 0 bridgehead atoms. The molecule has 1 unspecified atom stereocenters. The quantitative estimate of drug-likeness (QED) is 0.772. The van der Waals surface area contributed by atoms with E-state index in [0.29, 0.717) is 17.8 Å². The monoisotopic (exact) mass is 263 g/mol. The molecule has 18 heavy (non-hydrogen) atoms. The van der Waals surface area contributed by atoms with Gasteiger partial charge in [-0.15, -0.1) is 0 Å². The van der Waals surface area contributed by atoms with Crippen molar-refractivity contribution in [2.45, 2.75) is 52.4 Å². The van der Waals surface area contributed by atoms with E-state index in [1.807, 2.05) is 6.20 Å². The van der Waals surface area contributed by atoms with Crippen LogP contribution in [-0.2, 0) is 6.42 Å². The minimum absolute atomic E-state index is 0.604. The summed E-state index contributed by atoms with van der Waals surface area (Å²) in [4.78, 5) is 4.69. The second-order valence-corrected chi connectivity index (χ2v) is 7.09. The zero-order valence-corrected chi connectivity index (χ0v) is 12.9. The van der Waals surface area contributed by atoms with E-state index in [0.717, 1.165) is 6.42 Å². The van der Waals surface area contributed by atoms with Gasteiger partial charge in [-0.05, 0) is 53.5 Å². The smallest absolute Gasteiger partial charge is 0.0441 e. The van der Waals surface area contributed by atoms with E-state index in [9.17, 15) is 0 Å². The lowest BCUT2D eigenvalue weighted by molar-refractivity contribution is 0.526. The number of nitrogens with zero attached hydrogens (tertiary/aromatic N) is 1. The van der Waals surface area contributed by atoms with Gasteiger partial charge in [-0.2, -0.15) is 11.8 Å². The molecule has 1 aliphatic rings. The summed E-state index contributed by atoms with van der Waals surface area (Å²) in [6.45, 7) is 9.32. The summed E-state index contributed by atoms with van der Waals surface area (Å²) < 4.78 is 0. The molecule has 100 valence electrons. The van der Waals surface area contributed by atoms with E-state index in [2.05, 4.69) is 50.5 Å².